The van der Waals surface area contributed by atoms with Crippen LogP contribution >= 0.6 is 0 Å². The number of alkyl carbamates (subject to hydrolysis) is 1. The zero-order valence-electron chi connectivity index (χ0n) is 21.2. The van der Waals surface area contributed by atoms with Gasteiger partial charge in [0.25, 0.3) is 5.91 Å². The monoisotopic (exact) mass is 474 g/mol. The van der Waals surface area contributed by atoms with E-state index >= 15 is 0 Å². The Morgan fingerprint density at radius 2 is 1.74 bits per heavy atom. The number of hydrogen-bond donors (Lipinski definition) is 1. The highest BCUT2D eigenvalue weighted by Crippen LogP contribution is 2.52. The van der Waals surface area contributed by atoms with Gasteiger partial charge in [-0.3, -0.25) is 4.79 Å². The first kappa shape index (κ1) is 24.6. The van der Waals surface area contributed by atoms with E-state index in [1.54, 1.807) is 6.07 Å². The molecule has 0 atom stereocenters. The highest BCUT2D eigenvalue weighted by molar-refractivity contribution is 5.97. The van der Waals surface area contributed by atoms with E-state index in [0.29, 0.717) is 17.9 Å². The van der Waals surface area contributed by atoms with Gasteiger partial charge in [0.05, 0.1) is 12.1 Å². The lowest BCUT2D eigenvalue weighted by molar-refractivity contribution is 0.0520. The van der Waals surface area contributed by atoms with Crippen molar-refractivity contribution in [1.29, 1.82) is 0 Å². The SMILES string of the molecule is Cc1ccc(OCCNC(=O)OC(C)(C)C)cc1C(=O)N(C)C1(c2cccc3ccccc23)CC1. The number of ether oxygens (including phenoxy) is 2. The van der Waals surface area contributed by atoms with Gasteiger partial charge in [0, 0.05) is 12.6 Å². The minimum absolute atomic E-state index is 0.0229. The molecule has 184 valence electrons. The Morgan fingerprint density at radius 1 is 1.03 bits per heavy atom. The van der Waals surface area contributed by atoms with Crippen molar-refractivity contribution in [3.8, 4) is 5.75 Å². The summed E-state index contributed by atoms with van der Waals surface area (Å²) in [5.74, 6) is 0.568. The first-order valence-electron chi connectivity index (χ1n) is 12.1. The molecule has 0 spiro atoms. The summed E-state index contributed by atoms with van der Waals surface area (Å²) in [5, 5.41) is 5.05. The second kappa shape index (κ2) is 9.61. The van der Waals surface area contributed by atoms with Crippen LogP contribution in [-0.2, 0) is 10.3 Å². The van der Waals surface area contributed by atoms with Crippen molar-refractivity contribution in [1.82, 2.24) is 10.2 Å². The lowest BCUT2D eigenvalue weighted by Crippen LogP contribution is -2.37. The van der Waals surface area contributed by atoms with Crippen LogP contribution < -0.4 is 10.1 Å². The first-order chi connectivity index (χ1) is 16.6. The fourth-order valence-corrected chi connectivity index (χ4v) is 4.47. The highest BCUT2D eigenvalue weighted by Gasteiger charge is 2.50. The van der Waals surface area contributed by atoms with Crippen LogP contribution in [0.2, 0.25) is 0 Å². The number of benzene rings is 3. The fraction of sp³-hybridized carbons (Fsp3) is 0.379. The van der Waals surface area contributed by atoms with Crippen LogP contribution in [0.1, 0.15) is 55.1 Å². The van der Waals surface area contributed by atoms with Gasteiger partial charge in [-0.2, -0.15) is 0 Å². The highest BCUT2D eigenvalue weighted by atomic mass is 16.6. The lowest BCUT2D eigenvalue weighted by Gasteiger charge is -2.30. The summed E-state index contributed by atoms with van der Waals surface area (Å²) in [6.45, 7) is 7.96. The molecular weight excluding hydrogens is 440 g/mol. The summed E-state index contributed by atoms with van der Waals surface area (Å²) in [7, 11) is 1.90. The number of amides is 2. The van der Waals surface area contributed by atoms with Crippen LogP contribution in [0, 0.1) is 6.92 Å². The topological polar surface area (TPSA) is 67.9 Å². The van der Waals surface area contributed by atoms with Gasteiger partial charge in [-0.05, 0) is 74.6 Å². The van der Waals surface area contributed by atoms with Gasteiger partial charge < -0.3 is 19.7 Å². The van der Waals surface area contributed by atoms with E-state index in [1.165, 1.54) is 16.3 Å². The molecule has 0 unspecified atom stereocenters. The normalized spacial score (nSPS) is 14.3. The molecule has 0 radical (unpaired) electrons. The van der Waals surface area contributed by atoms with Crippen LogP contribution in [-0.4, -0.2) is 42.7 Å². The summed E-state index contributed by atoms with van der Waals surface area (Å²) in [5.41, 5.74) is 1.88. The third-order valence-electron chi connectivity index (χ3n) is 6.44. The van der Waals surface area contributed by atoms with Crippen molar-refractivity contribution >= 4 is 22.8 Å². The second-order valence-electron chi connectivity index (χ2n) is 10.2. The maximum Gasteiger partial charge on any atom is 0.407 e. The average molecular weight is 475 g/mol. The third kappa shape index (κ3) is 5.42. The number of nitrogens with zero attached hydrogens (tertiary/aromatic N) is 1. The molecule has 1 aliphatic carbocycles. The number of rotatable bonds is 7. The first-order valence-corrected chi connectivity index (χ1v) is 12.1. The second-order valence-corrected chi connectivity index (χ2v) is 10.2. The molecule has 0 saturated heterocycles. The van der Waals surface area contributed by atoms with Crippen molar-refractivity contribution in [2.45, 2.75) is 51.7 Å². The molecule has 4 rings (SSSR count). The lowest BCUT2D eigenvalue weighted by atomic mass is 9.95. The molecule has 1 saturated carbocycles. The number of carbonyl (C=O) groups is 2. The number of hydrogen-bond acceptors (Lipinski definition) is 4. The molecule has 0 aromatic heterocycles. The van der Waals surface area contributed by atoms with Crippen molar-refractivity contribution in [3.63, 3.8) is 0 Å². The molecule has 1 fully saturated rings. The van der Waals surface area contributed by atoms with E-state index in [2.05, 4.69) is 35.6 Å². The molecule has 1 aliphatic rings. The Hall–Kier alpha value is -3.54. The van der Waals surface area contributed by atoms with Crippen LogP contribution in [0.15, 0.2) is 60.7 Å². The summed E-state index contributed by atoms with van der Waals surface area (Å²) in [4.78, 5) is 27.3. The Balaban J connectivity index is 1.46. The van der Waals surface area contributed by atoms with Crippen LogP contribution in [0.25, 0.3) is 10.8 Å². The Bertz CT molecular complexity index is 1240. The summed E-state index contributed by atoms with van der Waals surface area (Å²) >= 11 is 0. The van der Waals surface area contributed by atoms with Crippen LogP contribution in [0.4, 0.5) is 4.79 Å². The van der Waals surface area contributed by atoms with Crippen molar-refractivity contribution in [2.24, 2.45) is 0 Å². The van der Waals surface area contributed by atoms with Gasteiger partial charge in [-0.25, -0.2) is 4.79 Å². The standard InChI is InChI=1S/C29H34N2O4/c1-20-13-14-22(34-18-17-30-27(33)35-28(2,3)4)19-24(20)26(32)31(5)29(15-16-29)25-12-8-10-21-9-6-7-11-23(21)25/h6-14,19H,15-18H2,1-5H3,(H,30,33). The Morgan fingerprint density at radius 3 is 2.46 bits per heavy atom. The molecule has 6 nitrogen and oxygen atoms in total. The predicted octanol–water partition coefficient (Wildman–Crippen LogP) is 5.81. The number of carbonyl (C=O) groups excluding carboxylic acids is 2. The summed E-state index contributed by atoms with van der Waals surface area (Å²) in [6, 6.07) is 20.2. The van der Waals surface area contributed by atoms with Crippen molar-refractivity contribution in [3.05, 3.63) is 77.4 Å². The van der Waals surface area contributed by atoms with E-state index in [9.17, 15) is 9.59 Å². The molecule has 35 heavy (non-hydrogen) atoms. The molecule has 6 heteroatoms. The van der Waals surface area contributed by atoms with Crippen LogP contribution in [0.3, 0.4) is 0 Å². The Kier molecular flexibility index (Phi) is 6.75. The van der Waals surface area contributed by atoms with Crippen molar-refractivity contribution in [2.75, 3.05) is 20.2 Å². The molecule has 3 aromatic rings. The van der Waals surface area contributed by atoms with Gasteiger partial charge in [0.2, 0.25) is 0 Å². The number of fused-ring (bicyclic) bond motifs is 1. The Labute approximate surface area is 207 Å². The van der Waals surface area contributed by atoms with Gasteiger partial charge in [-0.15, -0.1) is 0 Å². The maximum atomic E-state index is 13.7. The molecule has 3 aromatic carbocycles. The summed E-state index contributed by atoms with van der Waals surface area (Å²) < 4.78 is 11.0. The van der Waals surface area contributed by atoms with Crippen molar-refractivity contribution < 1.29 is 19.1 Å². The minimum atomic E-state index is -0.547. The largest absolute Gasteiger partial charge is 0.492 e. The quantitative estimate of drug-likeness (QED) is 0.439. The minimum Gasteiger partial charge on any atom is -0.492 e. The van der Waals surface area contributed by atoms with Gasteiger partial charge in [-0.1, -0.05) is 48.5 Å². The molecule has 1 N–H and O–H groups in total. The number of nitrogens with one attached hydrogen (secondary N) is 1. The number of aryl methyl sites for hydroxylation is 1. The van der Waals surface area contributed by atoms with E-state index < -0.39 is 11.7 Å². The van der Waals surface area contributed by atoms with E-state index in [-0.39, 0.29) is 18.1 Å². The van der Waals surface area contributed by atoms with E-state index in [0.717, 1.165) is 18.4 Å². The van der Waals surface area contributed by atoms with E-state index in [4.69, 9.17) is 9.47 Å². The van der Waals surface area contributed by atoms with Gasteiger partial charge in [0.1, 0.15) is 18.0 Å². The molecule has 0 heterocycles. The van der Waals surface area contributed by atoms with Crippen LogP contribution in [0.5, 0.6) is 5.75 Å². The van der Waals surface area contributed by atoms with Gasteiger partial charge in [0.15, 0.2) is 0 Å². The zero-order valence-corrected chi connectivity index (χ0v) is 21.2. The molecule has 2 amide bonds. The average Bonchev–Trinajstić information content (AvgIpc) is 3.62. The molecule has 0 bridgehead atoms. The zero-order chi connectivity index (χ0) is 25.2. The third-order valence-corrected chi connectivity index (χ3v) is 6.44. The molecular formula is C29H34N2O4. The summed E-state index contributed by atoms with van der Waals surface area (Å²) in [6.07, 6.45) is 1.40. The fourth-order valence-electron chi connectivity index (χ4n) is 4.47. The maximum absolute atomic E-state index is 13.7. The predicted molar refractivity (Wildman–Crippen MR) is 138 cm³/mol. The smallest absolute Gasteiger partial charge is 0.407 e. The van der Waals surface area contributed by atoms with Gasteiger partial charge >= 0.3 is 6.09 Å². The molecule has 0 aliphatic heterocycles. The van der Waals surface area contributed by atoms with E-state index in [1.807, 2.05) is 63.9 Å².